The molecule has 0 aliphatic heterocycles. The molecule has 2 aromatic heterocycles. The lowest BCUT2D eigenvalue weighted by Crippen LogP contribution is -2.12. The number of carbonyl (C=O) groups excluding carboxylic acids is 1. The molecule has 0 unspecified atom stereocenters. The summed E-state index contributed by atoms with van der Waals surface area (Å²) in [7, 11) is 0. The van der Waals surface area contributed by atoms with Crippen LogP contribution < -0.4 is 5.32 Å². The maximum atomic E-state index is 12.1. The number of nitrogens with zero attached hydrogens (tertiary/aromatic N) is 4. The topological polar surface area (TPSA) is 72.7 Å². The van der Waals surface area contributed by atoms with Crippen molar-refractivity contribution in [3.05, 3.63) is 66.5 Å². The Bertz CT molecular complexity index is 750. The van der Waals surface area contributed by atoms with Gasteiger partial charge < -0.3 is 5.32 Å². The molecule has 21 heavy (non-hydrogen) atoms. The zero-order valence-corrected chi connectivity index (χ0v) is 11.4. The van der Waals surface area contributed by atoms with Crippen LogP contribution in [0.2, 0.25) is 0 Å². The molecule has 1 aromatic carbocycles. The van der Waals surface area contributed by atoms with E-state index in [0.29, 0.717) is 17.2 Å². The van der Waals surface area contributed by atoms with Gasteiger partial charge in [-0.05, 0) is 19.1 Å². The quantitative estimate of drug-likeness (QED) is 0.798. The lowest BCUT2D eigenvalue weighted by molar-refractivity contribution is 0.102. The molecule has 0 atom stereocenters. The Labute approximate surface area is 121 Å². The summed E-state index contributed by atoms with van der Waals surface area (Å²) in [5, 5.41) is 2.77. The first kappa shape index (κ1) is 13.0. The minimum atomic E-state index is -0.183. The van der Waals surface area contributed by atoms with E-state index >= 15 is 0 Å². The first-order valence-corrected chi connectivity index (χ1v) is 6.41. The van der Waals surface area contributed by atoms with Gasteiger partial charge in [0, 0.05) is 18.0 Å². The van der Waals surface area contributed by atoms with Crippen molar-refractivity contribution in [1.82, 2.24) is 19.5 Å². The Hall–Kier alpha value is -3.02. The highest BCUT2D eigenvalue weighted by molar-refractivity contribution is 6.04. The fourth-order valence-corrected chi connectivity index (χ4v) is 1.89. The molecule has 6 heteroatoms. The number of aryl methyl sites for hydroxylation is 1. The summed E-state index contributed by atoms with van der Waals surface area (Å²) in [4.78, 5) is 24.4. The number of hydrogen-bond acceptors (Lipinski definition) is 4. The van der Waals surface area contributed by atoms with E-state index in [1.807, 2.05) is 25.1 Å². The molecule has 0 aliphatic carbocycles. The van der Waals surface area contributed by atoms with Gasteiger partial charge >= 0.3 is 0 Å². The summed E-state index contributed by atoms with van der Waals surface area (Å²) in [5.41, 5.74) is 2.19. The van der Waals surface area contributed by atoms with Gasteiger partial charge in [-0.15, -0.1) is 0 Å². The second-order valence-electron chi connectivity index (χ2n) is 4.57. The van der Waals surface area contributed by atoms with E-state index in [0.717, 1.165) is 5.56 Å². The van der Waals surface area contributed by atoms with Crippen LogP contribution in [0.25, 0.3) is 5.95 Å². The van der Waals surface area contributed by atoms with Gasteiger partial charge in [0.2, 0.25) is 5.95 Å². The van der Waals surface area contributed by atoms with Gasteiger partial charge in [-0.1, -0.05) is 17.7 Å². The van der Waals surface area contributed by atoms with Crippen LogP contribution in [0.15, 0.2) is 55.4 Å². The van der Waals surface area contributed by atoms with Crippen molar-refractivity contribution < 1.29 is 4.79 Å². The Morgan fingerprint density at radius 1 is 1.24 bits per heavy atom. The molecule has 0 bridgehead atoms. The summed E-state index contributed by atoms with van der Waals surface area (Å²) >= 11 is 0. The zero-order chi connectivity index (χ0) is 14.7. The summed E-state index contributed by atoms with van der Waals surface area (Å²) in [6.07, 6.45) is 8.14. The minimum Gasteiger partial charge on any atom is -0.319 e. The maximum Gasteiger partial charge on any atom is 0.255 e. The average Bonchev–Trinajstić information content (AvgIpc) is 3.02. The number of rotatable bonds is 3. The molecular formula is C15H13N5O. The van der Waals surface area contributed by atoms with Crippen molar-refractivity contribution in [2.24, 2.45) is 0 Å². The second-order valence-corrected chi connectivity index (χ2v) is 4.57. The number of carbonyl (C=O) groups is 1. The summed E-state index contributed by atoms with van der Waals surface area (Å²) in [6.45, 7) is 1.94. The molecule has 0 fully saturated rings. The van der Waals surface area contributed by atoms with E-state index in [2.05, 4.69) is 20.3 Å². The fourth-order valence-electron chi connectivity index (χ4n) is 1.89. The molecule has 6 nitrogen and oxygen atoms in total. The Balaban J connectivity index is 1.75. The molecule has 1 amide bonds. The Morgan fingerprint density at radius 3 is 2.71 bits per heavy atom. The highest BCUT2D eigenvalue weighted by Gasteiger charge is 2.07. The molecular weight excluding hydrogens is 266 g/mol. The van der Waals surface area contributed by atoms with Crippen LogP contribution in [0.1, 0.15) is 15.9 Å². The van der Waals surface area contributed by atoms with Crippen molar-refractivity contribution in [1.29, 1.82) is 0 Å². The predicted molar refractivity (Wildman–Crippen MR) is 78.3 cm³/mol. The van der Waals surface area contributed by atoms with E-state index in [4.69, 9.17) is 0 Å². The fraction of sp³-hybridized carbons (Fsp3) is 0.0667. The van der Waals surface area contributed by atoms with Crippen molar-refractivity contribution >= 4 is 11.6 Å². The van der Waals surface area contributed by atoms with E-state index in [9.17, 15) is 4.79 Å². The lowest BCUT2D eigenvalue weighted by Gasteiger charge is -2.06. The summed E-state index contributed by atoms with van der Waals surface area (Å²) in [5.74, 6) is 0.318. The van der Waals surface area contributed by atoms with E-state index < -0.39 is 0 Å². The SMILES string of the molecule is Cc1cccc(C(=O)Nc2cnc(-n3ccnc3)nc2)c1. The van der Waals surface area contributed by atoms with E-state index in [1.54, 1.807) is 41.7 Å². The number of nitrogens with one attached hydrogen (secondary N) is 1. The molecule has 104 valence electrons. The van der Waals surface area contributed by atoms with E-state index in [1.165, 1.54) is 0 Å². The van der Waals surface area contributed by atoms with Crippen molar-refractivity contribution in [2.45, 2.75) is 6.92 Å². The van der Waals surface area contributed by atoms with Gasteiger partial charge in [0.1, 0.15) is 6.33 Å². The zero-order valence-electron chi connectivity index (χ0n) is 11.4. The second kappa shape index (κ2) is 5.54. The molecule has 0 spiro atoms. The third kappa shape index (κ3) is 2.94. The van der Waals surface area contributed by atoms with Gasteiger partial charge in [-0.3, -0.25) is 9.36 Å². The van der Waals surface area contributed by atoms with Gasteiger partial charge in [0.15, 0.2) is 0 Å². The average molecular weight is 279 g/mol. The number of imidazole rings is 1. The minimum absolute atomic E-state index is 0.183. The monoisotopic (exact) mass is 279 g/mol. The molecule has 1 N–H and O–H groups in total. The number of benzene rings is 1. The van der Waals surface area contributed by atoms with Crippen LogP contribution in [0.4, 0.5) is 5.69 Å². The molecule has 3 rings (SSSR count). The number of hydrogen-bond donors (Lipinski definition) is 1. The van der Waals surface area contributed by atoms with Gasteiger partial charge in [-0.25, -0.2) is 15.0 Å². The molecule has 0 saturated carbocycles. The van der Waals surface area contributed by atoms with Crippen LogP contribution in [0, 0.1) is 6.92 Å². The van der Waals surface area contributed by atoms with Crippen molar-refractivity contribution in [3.63, 3.8) is 0 Å². The normalized spacial score (nSPS) is 10.3. The smallest absolute Gasteiger partial charge is 0.255 e. The predicted octanol–water partition coefficient (Wildman–Crippen LogP) is 2.22. The van der Waals surface area contributed by atoms with Crippen molar-refractivity contribution in [3.8, 4) is 5.95 Å². The van der Waals surface area contributed by atoms with Gasteiger partial charge in [0.25, 0.3) is 5.91 Å². The maximum absolute atomic E-state index is 12.1. The Morgan fingerprint density at radius 2 is 2.05 bits per heavy atom. The highest BCUT2D eigenvalue weighted by atomic mass is 16.1. The molecule has 0 radical (unpaired) electrons. The molecule has 0 aliphatic rings. The van der Waals surface area contributed by atoms with Crippen LogP contribution in [0.3, 0.4) is 0 Å². The molecule has 0 saturated heterocycles. The highest BCUT2D eigenvalue weighted by Crippen LogP contribution is 2.10. The van der Waals surface area contributed by atoms with Crippen molar-refractivity contribution in [2.75, 3.05) is 5.32 Å². The third-order valence-corrected chi connectivity index (χ3v) is 2.91. The summed E-state index contributed by atoms with van der Waals surface area (Å²) < 4.78 is 1.69. The largest absolute Gasteiger partial charge is 0.319 e. The van der Waals surface area contributed by atoms with Crippen LogP contribution >= 0.6 is 0 Å². The first-order valence-electron chi connectivity index (χ1n) is 6.41. The van der Waals surface area contributed by atoms with E-state index in [-0.39, 0.29) is 5.91 Å². The number of anilines is 1. The number of aromatic nitrogens is 4. The van der Waals surface area contributed by atoms with Gasteiger partial charge in [0.05, 0.1) is 18.1 Å². The standard InChI is InChI=1S/C15H13N5O/c1-11-3-2-4-12(7-11)14(21)19-13-8-17-15(18-9-13)20-6-5-16-10-20/h2-10H,1H3,(H,19,21). The third-order valence-electron chi connectivity index (χ3n) is 2.91. The summed E-state index contributed by atoms with van der Waals surface area (Å²) in [6, 6.07) is 7.39. The first-order chi connectivity index (χ1) is 10.2. The Kier molecular flexibility index (Phi) is 3.42. The number of amides is 1. The van der Waals surface area contributed by atoms with Crippen LogP contribution in [-0.2, 0) is 0 Å². The molecule has 2 heterocycles. The van der Waals surface area contributed by atoms with Crippen LogP contribution in [0.5, 0.6) is 0 Å². The molecule has 3 aromatic rings. The lowest BCUT2D eigenvalue weighted by atomic mass is 10.1. The van der Waals surface area contributed by atoms with Crippen LogP contribution in [-0.4, -0.2) is 25.4 Å². The van der Waals surface area contributed by atoms with Gasteiger partial charge in [-0.2, -0.15) is 0 Å².